The Labute approximate surface area is 415 Å². The van der Waals surface area contributed by atoms with Crippen LogP contribution in [0, 0.1) is 36.5 Å². The molecule has 8 N–H and O–H groups in total. The van der Waals surface area contributed by atoms with Gasteiger partial charge in [-0.05, 0) is 86.3 Å². The van der Waals surface area contributed by atoms with Gasteiger partial charge in [-0.2, -0.15) is 0 Å². The van der Waals surface area contributed by atoms with E-state index in [-0.39, 0.29) is 80.5 Å². The molecule has 3 aromatic rings. The molecule has 1 spiro atoms. The predicted octanol–water partition coefficient (Wildman–Crippen LogP) is 6.28. The van der Waals surface area contributed by atoms with Gasteiger partial charge in [0.2, 0.25) is 0 Å². The fourth-order valence-corrected chi connectivity index (χ4v) is 10.2. The van der Waals surface area contributed by atoms with E-state index in [2.05, 4.69) is 24.1 Å². The number of nitrogens with two attached hydrogens (primary N) is 2. The fourth-order valence-electron chi connectivity index (χ4n) is 10.2. The topological polar surface area (TPSA) is 244 Å². The van der Waals surface area contributed by atoms with Crippen molar-refractivity contribution in [2.75, 3.05) is 38.6 Å². The Hall–Kier alpha value is -6.43. The van der Waals surface area contributed by atoms with Crippen LogP contribution in [-0.2, 0) is 19.1 Å². The molecule has 1 fully saturated rings. The van der Waals surface area contributed by atoms with Gasteiger partial charge in [0.25, 0.3) is 11.7 Å². The normalized spacial score (nSPS) is 27.7. The third kappa shape index (κ3) is 10.9. The number of carbonyl (C=O) groups excluding carboxylic acids is 3. The minimum absolute atomic E-state index is 0.0214. The summed E-state index contributed by atoms with van der Waals surface area (Å²) in [6, 6.07) is 7.06. The number of allylic oxidation sites excluding steroid dienone is 4. The Kier molecular flexibility index (Phi) is 15.6. The molecular weight excluding hydrogens is 907 g/mol. The van der Waals surface area contributed by atoms with E-state index < -0.39 is 53.0 Å². The average Bonchev–Trinajstić information content (AvgIpc) is 3.82. The van der Waals surface area contributed by atoms with Crippen molar-refractivity contribution in [1.82, 2.24) is 9.91 Å². The van der Waals surface area contributed by atoms with Gasteiger partial charge in [0.05, 0.1) is 41.5 Å². The monoisotopic (exact) mass is 978 g/mol. The second-order valence-electron chi connectivity index (χ2n) is 20.5. The summed E-state index contributed by atoms with van der Waals surface area (Å²) in [7, 11) is 1.57. The van der Waals surface area contributed by atoms with E-state index in [4.69, 9.17) is 40.5 Å². The molecule has 1 saturated heterocycles. The molecule has 5 bridgehead atoms. The van der Waals surface area contributed by atoms with Crippen LogP contribution in [0.1, 0.15) is 103 Å². The number of hydrogen-bond acceptors (Lipinski definition) is 16. The molecule has 382 valence electrons. The first-order valence-corrected chi connectivity index (χ1v) is 24.6. The Morgan fingerprint density at radius 1 is 1.03 bits per heavy atom. The lowest BCUT2D eigenvalue weighted by Crippen LogP contribution is -2.43. The summed E-state index contributed by atoms with van der Waals surface area (Å²) in [4.78, 5) is 55.2. The third-order valence-corrected chi connectivity index (χ3v) is 14.2. The van der Waals surface area contributed by atoms with E-state index >= 15 is 0 Å². The number of benzene rings is 3. The first-order valence-electron chi connectivity index (χ1n) is 24.6. The number of phenolic OH excluding ortho intramolecular Hbond substituents is 2. The maximum Gasteiger partial charge on any atom is 0.327 e. The zero-order chi connectivity index (χ0) is 51.7. The summed E-state index contributed by atoms with van der Waals surface area (Å²) in [5.41, 5.74) is 6.88. The number of aliphatic hydroxyl groups is 1. The number of esters is 1. The first-order chi connectivity index (χ1) is 33.6. The lowest BCUT2D eigenvalue weighted by Gasteiger charge is -2.36. The fraction of sp³-hybridized carbons (Fsp3) is 0.500. The Bertz CT molecular complexity index is 2800. The van der Waals surface area contributed by atoms with E-state index in [0.717, 1.165) is 11.6 Å². The highest BCUT2D eigenvalue weighted by Gasteiger charge is 2.50. The lowest BCUT2D eigenvalue weighted by atomic mass is 9.80. The molecular formula is C54H71N7O10. The van der Waals surface area contributed by atoms with Crippen molar-refractivity contribution in [3.63, 3.8) is 0 Å². The minimum atomic E-state index is -1.92. The maximum absolute atomic E-state index is 14.8. The van der Waals surface area contributed by atoms with Gasteiger partial charge in [0, 0.05) is 68.0 Å². The van der Waals surface area contributed by atoms with Crippen molar-refractivity contribution in [2.24, 2.45) is 51.2 Å². The van der Waals surface area contributed by atoms with Gasteiger partial charge in [-0.15, -0.1) is 0 Å². The molecule has 17 nitrogen and oxygen atoms in total. The van der Waals surface area contributed by atoms with E-state index in [1.165, 1.54) is 19.4 Å². The molecule has 0 aliphatic carbocycles. The number of methoxy groups -OCH3 is 1. The summed E-state index contributed by atoms with van der Waals surface area (Å²) in [6.07, 6.45) is 10.1. The molecule has 5 aliphatic heterocycles. The van der Waals surface area contributed by atoms with Gasteiger partial charge < -0.3 is 55.2 Å². The van der Waals surface area contributed by atoms with Crippen LogP contribution in [0.4, 0.5) is 5.69 Å². The predicted molar refractivity (Wildman–Crippen MR) is 271 cm³/mol. The SMILES string of the molecule is COc1ccc(/C(N)=C/N(N)CC(=O)O[C@H]2[C@H](C)[C@H](O)[C@H](C)CC(C)/C=C/C=C(/C)C(=O)Nc3c(O)c4c(O)c(C)c5c(c4c4c3=NC3(CCN(CC(C)C)CC3)N=4)C(=O)[C@@](C)(O/C=C/C[C@H]2C)O5)cc1. The molecule has 7 atom stereocenters. The smallest absolute Gasteiger partial charge is 0.327 e. The van der Waals surface area contributed by atoms with Crippen molar-refractivity contribution in [2.45, 2.75) is 112 Å². The Morgan fingerprint density at radius 2 is 1.70 bits per heavy atom. The maximum atomic E-state index is 14.8. The molecule has 5 heterocycles. The van der Waals surface area contributed by atoms with E-state index in [0.29, 0.717) is 60.9 Å². The van der Waals surface area contributed by atoms with E-state index in [9.17, 15) is 29.7 Å². The quantitative estimate of drug-likeness (QED) is 0.0631. The molecule has 0 aromatic heterocycles. The summed E-state index contributed by atoms with van der Waals surface area (Å²) in [5, 5.41) is 40.5. The van der Waals surface area contributed by atoms with Crippen LogP contribution in [0.25, 0.3) is 16.5 Å². The number of carbonyl (C=O) groups is 3. The minimum Gasteiger partial charge on any atom is -0.507 e. The molecule has 71 heavy (non-hydrogen) atoms. The molecule has 5 aliphatic rings. The average molecular weight is 978 g/mol. The summed E-state index contributed by atoms with van der Waals surface area (Å²) in [6.45, 7) is 18.7. The highest BCUT2D eigenvalue weighted by Crippen LogP contribution is 2.50. The highest BCUT2D eigenvalue weighted by atomic mass is 16.7. The molecule has 8 rings (SSSR count). The zero-order valence-electron chi connectivity index (χ0n) is 42.6. The number of likely N-dealkylation sites (tertiary alicyclic amines) is 1. The van der Waals surface area contributed by atoms with Crippen molar-refractivity contribution in [3.8, 4) is 23.0 Å². The van der Waals surface area contributed by atoms with Crippen molar-refractivity contribution in [3.05, 3.63) is 94.0 Å². The third-order valence-electron chi connectivity index (χ3n) is 14.2. The first kappa shape index (κ1) is 52.4. The van der Waals surface area contributed by atoms with Gasteiger partial charge in [-0.1, -0.05) is 59.8 Å². The number of rotatable bonds is 8. The number of aliphatic hydroxyl groups excluding tert-OH is 1. The summed E-state index contributed by atoms with van der Waals surface area (Å²) < 4.78 is 23.9. The number of Topliss-reactive ketones (excluding diaryl/α,β-unsaturated/α-hetero) is 1. The molecule has 3 aromatic carbocycles. The standard InChI is InChI=1S/C54H71N7O10/c1-29(2)26-60-22-20-54(21-23-60)58-43-40-41-47(64)35(8)50-42(40)51(66)53(9,71-50)69-24-12-15-31(4)49(70-39(62)28-61(56)27-38(55)36-16-18-37(68-10)19-17-36)34(7)46(63)33(6)25-30(3)13-11-14-32(5)52(67)57-45(48(41)65)44(43)59-54/h11-14,16-19,24,27,29-31,33-34,46,49,63-65H,15,20-23,25-26,28,55-56H2,1-10H3,(H,57,67)/b13-11+,24-12+,32-14-,38-27-/t30?,31-,33-,34-,46-,49-,53+/m1/s1. The number of hydrazine groups is 1. The number of hydrogen-bond donors (Lipinski definition) is 6. The number of piperidine rings is 1. The number of phenols is 2. The molecule has 0 radical (unpaired) electrons. The van der Waals surface area contributed by atoms with Gasteiger partial charge in [-0.25, -0.2) is 5.84 Å². The van der Waals surface area contributed by atoms with Gasteiger partial charge in [0.1, 0.15) is 40.9 Å². The van der Waals surface area contributed by atoms with Crippen LogP contribution in [0.2, 0.25) is 0 Å². The number of fused-ring (bicyclic) bond motifs is 13. The zero-order valence-corrected chi connectivity index (χ0v) is 42.6. The number of ketones is 1. The second-order valence-corrected chi connectivity index (χ2v) is 20.5. The largest absolute Gasteiger partial charge is 0.507 e. The Balaban J connectivity index is 1.25. The van der Waals surface area contributed by atoms with Crippen molar-refractivity contribution >= 4 is 39.8 Å². The van der Waals surface area contributed by atoms with E-state index in [1.54, 1.807) is 63.5 Å². The van der Waals surface area contributed by atoms with Crippen LogP contribution >= 0.6 is 0 Å². The van der Waals surface area contributed by atoms with Crippen LogP contribution in [0.15, 0.2) is 76.6 Å². The van der Waals surface area contributed by atoms with Crippen molar-refractivity contribution in [1.29, 1.82) is 0 Å². The molecule has 0 saturated carbocycles. The van der Waals surface area contributed by atoms with Gasteiger partial charge in [-0.3, -0.25) is 24.4 Å². The number of anilines is 1. The summed E-state index contributed by atoms with van der Waals surface area (Å²) in [5.74, 6) is 1.74. The van der Waals surface area contributed by atoms with Crippen LogP contribution in [-0.4, -0.2) is 99.8 Å². The number of nitrogens with one attached hydrogen (secondary N) is 1. The lowest BCUT2D eigenvalue weighted by molar-refractivity contribution is -0.159. The second kappa shape index (κ2) is 21.1. The Morgan fingerprint density at radius 3 is 2.37 bits per heavy atom. The van der Waals surface area contributed by atoms with E-state index in [1.807, 2.05) is 33.8 Å². The molecule has 1 unspecified atom stereocenters. The number of nitrogens with zero attached hydrogens (tertiary/aromatic N) is 4. The van der Waals surface area contributed by atoms with Crippen LogP contribution in [0.3, 0.4) is 0 Å². The van der Waals surface area contributed by atoms with Gasteiger partial charge in [0.15, 0.2) is 11.4 Å². The number of amides is 1. The molecule has 17 heteroatoms. The number of aromatic hydroxyl groups is 2. The highest BCUT2D eigenvalue weighted by molar-refractivity contribution is 6.19. The summed E-state index contributed by atoms with van der Waals surface area (Å²) >= 11 is 0. The van der Waals surface area contributed by atoms with Crippen LogP contribution < -0.4 is 37.1 Å². The van der Waals surface area contributed by atoms with Crippen molar-refractivity contribution < 1.29 is 48.7 Å². The van der Waals surface area contributed by atoms with Gasteiger partial charge >= 0.3 is 11.8 Å². The molecule has 1 amide bonds. The van der Waals surface area contributed by atoms with Crippen LogP contribution in [0.5, 0.6) is 23.0 Å². The number of ether oxygens (including phenoxy) is 4.